The van der Waals surface area contributed by atoms with Gasteiger partial charge in [0.1, 0.15) is 17.6 Å². The molecule has 0 saturated heterocycles. The third-order valence-corrected chi connectivity index (χ3v) is 4.81. The number of thioether (sulfide) groups is 1. The minimum absolute atomic E-state index is 0.0197. The fourth-order valence-corrected chi connectivity index (χ4v) is 3.30. The number of Topliss-reactive ketones (excluding diaryl/α,β-unsaturated/α-hetero) is 1. The lowest BCUT2D eigenvalue weighted by atomic mass is 10.1. The van der Waals surface area contributed by atoms with Gasteiger partial charge in [0.2, 0.25) is 0 Å². The van der Waals surface area contributed by atoms with E-state index in [9.17, 15) is 4.79 Å². The molecule has 0 fully saturated rings. The first-order valence-electron chi connectivity index (χ1n) is 9.18. The maximum absolute atomic E-state index is 11.8. The first-order valence-corrected chi connectivity index (χ1v) is 10.2. The summed E-state index contributed by atoms with van der Waals surface area (Å²) in [6.45, 7) is 6.62. The van der Waals surface area contributed by atoms with Crippen LogP contribution in [0.15, 0.2) is 47.4 Å². The van der Waals surface area contributed by atoms with Gasteiger partial charge in [0.15, 0.2) is 5.78 Å². The number of carbonyl (C=O) groups excluding carboxylic acids is 1. The van der Waals surface area contributed by atoms with Crippen molar-refractivity contribution in [2.45, 2.75) is 38.2 Å². The molecule has 0 saturated carbocycles. The van der Waals surface area contributed by atoms with E-state index < -0.39 is 0 Å². The van der Waals surface area contributed by atoms with Gasteiger partial charge in [-0.15, -0.1) is 11.8 Å². The second-order valence-electron chi connectivity index (χ2n) is 6.31. The zero-order valence-electron chi connectivity index (χ0n) is 16.5. The summed E-state index contributed by atoms with van der Waals surface area (Å²) in [6, 6.07) is 13.9. The minimum Gasteiger partial charge on any atom is -0.493 e. The normalized spacial score (nSPS) is 11.9. The Morgan fingerprint density at radius 3 is 2.44 bits per heavy atom. The maximum atomic E-state index is 11.8. The van der Waals surface area contributed by atoms with Crippen molar-refractivity contribution in [2.24, 2.45) is 0 Å². The third kappa shape index (κ3) is 7.27. The summed E-state index contributed by atoms with van der Waals surface area (Å²) >= 11 is 1.83. The number of hydrogen-bond donors (Lipinski definition) is 0. The van der Waals surface area contributed by atoms with Crippen LogP contribution in [0.2, 0.25) is 0 Å². The van der Waals surface area contributed by atoms with E-state index >= 15 is 0 Å². The first kappa shape index (κ1) is 21.3. The van der Waals surface area contributed by atoms with Gasteiger partial charge in [-0.05, 0) is 49.4 Å². The van der Waals surface area contributed by atoms with Gasteiger partial charge >= 0.3 is 0 Å². The zero-order valence-corrected chi connectivity index (χ0v) is 17.3. The highest BCUT2D eigenvalue weighted by atomic mass is 32.2. The second kappa shape index (κ2) is 11.0. The average Bonchev–Trinajstić information content (AvgIpc) is 2.63. The molecule has 0 aliphatic heterocycles. The molecule has 2 aromatic rings. The Morgan fingerprint density at radius 2 is 1.81 bits per heavy atom. The number of ketones is 1. The topological polar surface area (TPSA) is 44.8 Å². The summed E-state index contributed by atoms with van der Waals surface area (Å²) in [4.78, 5) is 13.1. The smallest absolute Gasteiger partial charge is 0.160 e. The van der Waals surface area contributed by atoms with Crippen LogP contribution in [0.5, 0.6) is 11.5 Å². The molecule has 2 rings (SSSR count). The van der Waals surface area contributed by atoms with Crippen LogP contribution < -0.4 is 9.47 Å². The van der Waals surface area contributed by atoms with Gasteiger partial charge < -0.3 is 14.2 Å². The van der Waals surface area contributed by atoms with Crippen LogP contribution in [0.25, 0.3) is 0 Å². The van der Waals surface area contributed by atoms with E-state index in [4.69, 9.17) is 14.2 Å². The Labute approximate surface area is 166 Å². The van der Waals surface area contributed by atoms with Crippen molar-refractivity contribution in [3.05, 3.63) is 53.6 Å². The SMILES string of the molecule is CCSc1ccc(CCOc2cc(O[C@@H](C)COC)cc(C(C)=O)c2)cc1. The summed E-state index contributed by atoms with van der Waals surface area (Å²) in [5.41, 5.74) is 1.80. The highest BCUT2D eigenvalue weighted by Gasteiger charge is 2.10. The molecule has 4 nitrogen and oxygen atoms in total. The van der Waals surface area contributed by atoms with Gasteiger partial charge in [-0.2, -0.15) is 0 Å². The predicted octanol–water partition coefficient (Wildman–Crippen LogP) is 5.04. The van der Waals surface area contributed by atoms with Gasteiger partial charge in [-0.3, -0.25) is 4.79 Å². The Hall–Kier alpha value is -1.98. The predicted molar refractivity (Wildman–Crippen MR) is 110 cm³/mol. The number of benzene rings is 2. The minimum atomic E-state index is -0.107. The Balaban J connectivity index is 1.99. The zero-order chi connectivity index (χ0) is 19.6. The van der Waals surface area contributed by atoms with E-state index in [1.54, 1.807) is 19.2 Å². The van der Waals surface area contributed by atoms with E-state index in [-0.39, 0.29) is 11.9 Å². The lowest BCUT2D eigenvalue weighted by Gasteiger charge is -2.16. The molecule has 146 valence electrons. The first-order chi connectivity index (χ1) is 13.0. The van der Waals surface area contributed by atoms with Gasteiger partial charge in [0.05, 0.1) is 13.2 Å². The van der Waals surface area contributed by atoms with Crippen molar-refractivity contribution < 1.29 is 19.0 Å². The molecule has 0 radical (unpaired) electrons. The summed E-state index contributed by atoms with van der Waals surface area (Å²) in [7, 11) is 1.63. The molecule has 0 heterocycles. The molecule has 0 aliphatic rings. The summed E-state index contributed by atoms with van der Waals surface area (Å²) in [6.07, 6.45) is 0.696. The van der Waals surface area contributed by atoms with Crippen LogP contribution in [0, 0.1) is 0 Å². The molecular formula is C22H28O4S. The van der Waals surface area contributed by atoms with Crippen molar-refractivity contribution in [1.82, 2.24) is 0 Å². The van der Waals surface area contributed by atoms with Crippen LogP contribution in [0.3, 0.4) is 0 Å². The number of ether oxygens (including phenoxy) is 3. The number of carbonyl (C=O) groups is 1. The largest absolute Gasteiger partial charge is 0.493 e. The van der Waals surface area contributed by atoms with Gasteiger partial charge in [0, 0.05) is 30.1 Å². The highest BCUT2D eigenvalue weighted by Crippen LogP contribution is 2.25. The van der Waals surface area contributed by atoms with Crippen LogP contribution in [0.4, 0.5) is 0 Å². The Morgan fingerprint density at radius 1 is 1.11 bits per heavy atom. The molecule has 0 unspecified atom stereocenters. The molecule has 0 spiro atoms. The Kier molecular flexibility index (Phi) is 8.69. The molecule has 0 aromatic heterocycles. The number of hydrogen-bond acceptors (Lipinski definition) is 5. The van der Waals surface area contributed by atoms with Crippen molar-refractivity contribution in [1.29, 1.82) is 0 Å². The molecule has 5 heteroatoms. The van der Waals surface area contributed by atoms with E-state index in [0.29, 0.717) is 30.3 Å². The third-order valence-electron chi connectivity index (χ3n) is 3.92. The molecule has 0 N–H and O–H groups in total. The maximum Gasteiger partial charge on any atom is 0.160 e. The fourth-order valence-electron chi connectivity index (χ4n) is 2.63. The quantitative estimate of drug-likeness (QED) is 0.399. The molecule has 0 aliphatic carbocycles. The van der Waals surface area contributed by atoms with Gasteiger partial charge in [-0.25, -0.2) is 0 Å². The molecule has 2 aromatic carbocycles. The molecule has 27 heavy (non-hydrogen) atoms. The summed E-state index contributed by atoms with van der Waals surface area (Å²) in [5, 5.41) is 0. The molecule has 0 bridgehead atoms. The monoisotopic (exact) mass is 388 g/mol. The van der Waals surface area contributed by atoms with Crippen LogP contribution in [-0.2, 0) is 11.2 Å². The summed E-state index contributed by atoms with van der Waals surface area (Å²) < 4.78 is 16.8. The van der Waals surface area contributed by atoms with E-state index in [1.165, 1.54) is 17.4 Å². The second-order valence-corrected chi connectivity index (χ2v) is 7.65. The van der Waals surface area contributed by atoms with Gasteiger partial charge in [0.25, 0.3) is 0 Å². The van der Waals surface area contributed by atoms with E-state index in [2.05, 4.69) is 31.2 Å². The number of methoxy groups -OCH3 is 1. The lowest BCUT2D eigenvalue weighted by Crippen LogP contribution is -2.18. The highest BCUT2D eigenvalue weighted by molar-refractivity contribution is 7.99. The van der Waals surface area contributed by atoms with E-state index in [1.807, 2.05) is 24.8 Å². The van der Waals surface area contributed by atoms with Crippen LogP contribution in [-0.4, -0.2) is 38.0 Å². The number of rotatable bonds is 11. The molecular weight excluding hydrogens is 360 g/mol. The lowest BCUT2D eigenvalue weighted by molar-refractivity contribution is 0.0914. The molecule has 1 atom stereocenters. The van der Waals surface area contributed by atoms with Crippen molar-refractivity contribution in [3.8, 4) is 11.5 Å². The summed E-state index contributed by atoms with van der Waals surface area (Å²) in [5.74, 6) is 2.31. The van der Waals surface area contributed by atoms with Crippen molar-refractivity contribution >= 4 is 17.5 Å². The fraction of sp³-hybridized carbons (Fsp3) is 0.409. The molecule has 0 amide bonds. The van der Waals surface area contributed by atoms with Crippen molar-refractivity contribution in [3.63, 3.8) is 0 Å². The van der Waals surface area contributed by atoms with Crippen LogP contribution >= 0.6 is 11.8 Å². The van der Waals surface area contributed by atoms with Crippen molar-refractivity contribution in [2.75, 3.05) is 26.1 Å². The standard InChI is InChI=1S/C22H28O4S/c1-5-27-22-8-6-18(7-9-22)10-11-25-20-12-19(17(3)23)13-21(14-20)26-16(2)15-24-4/h6-9,12-14,16H,5,10-11,15H2,1-4H3/t16-/m0/s1. The Bertz CT molecular complexity index is 728. The van der Waals surface area contributed by atoms with Gasteiger partial charge in [-0.1, -0.05) is 19.1 Å². The van der Waals surface area contributed by atoms with Crippen LogP contribution in [0.1, 0.15) is 36.7 Å². The average molecular weight is 389 g/mol. The van der Waals surface area contributed by atoms with E-state index in [0.717, 1.165) is 12.2 Å².